The molecule has 1 N–H and O–H groups in total. The van der Waals surface area contributed by atoms with Gasteiger partial charge in [0.2, 0.25) is 0 Å². The third-order valence-electron chi connectivity index (χ3n) is 8.78. The average Bonchev–Trinajstić information content (AvgIpc) is 3.22. The maximum Gasteiger partial charge on any atom is 0.337 e. The van der Waals surface area contributed by atoms with Crippen molar-refractivity contribution < 1.29 is 14.6 Å². The van der Waals surface area contributed by atoms with Crippen LogP contribution in [-0.2, 0) is 36.1 Å². The SMILES string of the molecule is Cc1nc(C)c([C@H](OC(C)(C)C)C(=O)O)c(N2CCC(C)(C)CC2)c1-c1ccc2c(c1)CCN(Cc1nn(C)cc1Cl)C2. The highest BCUT2D eigenvalue weighted by molar-refractivity contribution is 6.31. The number of nitrogens with zero attached hydrogens (tertiary/aromatic N) is 5. The fourth-order valence-corrected chi connectivity index (χ4v) is 6.72. The molecule has 2 aliphatic heterocycles. The van der Waals surface area contributed by atoms with Crippen LogP contribution in [0, 0.1) is 19.3 Å². The number of fused-ring (bicyclic) bond motifs is 1. The second-order valence-electron chi connectivity index (χ2n) is 14.1. The van der Waals surface area contributed by atoms with E-state index in [2.05, 4.69) is 46.9 Å². The first-order valence-corrected chi connectivity index (χ1v) is 15.7. The van der Waals surface area contributed by atoms with Crippen LogP contribution < -0.4 is 4.90 Å². The Morgan fingerprint density at radius 1 is 1.12 bits per heavy atom. The zero-order valence-electron chi connectivity index (χ0n) is 26.9. The minimum absolute atomic E-state index is 0.249. The van der Waals surface area contributed by atoms with Crippen molar-refractivity contribution in [2.75, 3.05) is 24.5 Å². The Hall–Kier alpha value is -2.94. The van der Waals surface area contributed by atoms with Crippen LogP contribution in [0.25, 0.3) is 11.1 Å². The molecule has 0 aliphatic carbocycles. The number of aliphatic carboxylic acids is 1. The Morgan fingerprint density at radius 2 is 1.81 bits per heavy atom. The molecule has 5 rings (SSSR count). The number of piperidine rings is 1. The van der Waals surface area contributed by atoms with Gasteiger partial charge < -0.3 is 14.7 Å². The third-order valence-corrected chi connectivity index (χ3v) is 9.10. The largest absolute Gasteiger partial charge is 0.479 e. The van der Waals surface area contributed by atoms with Gasteiger partial charge in [-0.1, -0.05) is 43.6 Å². The number of hydrogen-bond acceptors (Lipinski definition) is 6. The topological polar surface area (TPSA) is 83.7 Å². The Kier molecular flexibility index (Phi) is 8.69. The smallest absolute Gasteiger partial charge is 0.337 e. The second kappa shape index (κ2) is 11.9. The van der Waals surface area contributed by atoms with Gasteiger partial charge >= 0.3 is 5.97 Å². The van der Waals surface area contributed by atoms with Crippen molar-refractivity contribution in [2.45, 2.75) is 92.5 Å². The van der Waals surface area contributed by atoms with E-state index in [-0.39, 0.29) is 5.41 Å². The van der Waals surface area contributed by atoms with Crippen molar-refractivity contribution in [3.8, 4) is 11.1 Å². The number of pyridine rings is 1. The van der Waals surface area contributed by atoms with E-state index in [1.807, 2.05) is 47.9 Å². The number of carbonyl (C=O) groups is 1. The highest BCUT2D eigenvalue weighted by Crippen LogP contribution is 2.45. The van der Waals surface area contributed by atoms with Crippen LogP contribution in [0.4, 0.5) is 5.69 Å². The summed E-state index contributed by atoms with van der Waals surface area (Å²) < 4.78 is 8.00. The maximum absolute atomic E-state index is 12.8. The van der Waals surface area contributed by atoms with E-state index in [4.69, 9.17) is 21.3 Å². The quantitative estimate of drug-likeness (QED) is 0.313. The second-order valence-corrected chi connectivity index (χ2v) is 14.5. The first-order valence-electron chi connectivity index (χ1n) is 15.3. The molecule has 43 heavy (non-hydrogen) atoms. The van der Waals surface area contributed by atoms with Gasteiger partial charge in [-0.2, -0.15) is 5.10 Å². The van der Waals surface area contributed by atoms with Crippen molar-refractivity contribution in [3.63, 3.8) is 0 Å². The maximum atomic E-state index is 12.8. The van der Waals surface area contributed by atoms with Crippen molar-refractivity contribution in [3.05, 3.63) is 63.2 Å². The van der Waals surface area contributed by atoms with Gasteiger partial charge in [-0.3, -0.25) is 14.6 Å². The Bertz CT molecular complexity index is 1510. The standard InChI is InChI=1S/C34H46ClN5O3/c1-21-28(24-9-10-25-18-39(14-11-23(25)17-24)20-27-26(35)19-38(8)37-27)30(40-15-12-34(6,7)13-16-40)29(22(2)36-21)31(32(41)42)43-33(3,4)5/h9-10,17,19,31H,11-16,18,20H2,1-8H3,(H,41,42)/t31-/m0/s1. The number of carboxylic acids is 1. The molecule has 0 bridgehead atoms. The van der Waals surface area contributed by atoms with Crippen LogP contribution in [0.5, 0.6) is 0 Å². The summed E-state index contributed by atoms with van der Waals surface area (Å²) in [5.74, 6) is -0.994. The van der Waals surface area contributed by atoms with E-state index in [0.29, 0.717) is 22.8 Å². The summed E-state index contributed by atoms with van der Waals surface area (Å²) in [7, 11) is 1.89. The lowest BCUT2D eigenvalue weighted by atomic mass is 9.81. The molecule has 4 heterocycles. The van der Waals surface area contributed by atoms with Gasteiger partial charge in [-0.05, 0) is 76.0 Å². The number of ether oxygens (including phenoxy) is 1. The molecule has 2 aliphatic rings. The van der Waals surface area contributed by atoms with Gasteiger partial charge in [-0.15, -0.1) is 0 Å². The van der Waals surface area contributed by atoms with Crippen molar-refractivity contribution in [1.29, 1.82) is 0 Å². The summed E-state index contributed by atoms with van der Waals surface area (Å²) >= 11 is 6.40. The molecule has 0 radical (unpaired) electrons. The molecule has 232 valence electrons. The van der Waals surface area contributed by atoms with Crippen LogP contribution in [0.2, 0.25) is 5.02 Å². The van der Waals surface area contributed by atoms with Gasteiger partial charge in [0.1, 0.15) is 0 Å². The van der Waals surface area contributed by atoms with Gasteiger partial charge in [0.25, 0.3) is 0 Å². The molecule has 9 heteroatoms. The van der Waals surface area contributed by atoms with Crippen LogP contribution in [-0.4, -0.2) is 56.0 Å². The number of benzene rings is 1. The first-order chi connectivity index (χ1) is 20.1. The van der Waals surface area contributed by atoms with Crippen LogP contribution >= 0.6 is 11.6 Å². The number of hydrogen-bond donors (Lipinski definition) is 1. The van der Waals surface area contributed by atoms with Crippen LogP contribution in [0.15, 0.2) is 24.4 Å². The van der Waals surface area contributed by atoms with Crippen molar-refractivity contribution >= 4 is 23.3 Å². The molecule has 1 fully saturated rings. The van der Waals surface area contributed by atoms with E-state index in [1.54, 1.807) is 4.68 Å². The zero-order chi connectivity index (χ0) is 31.3. The van der Waals surface area contributed by atoms with E-state index < -0.39 is 17.7 Å². The lowest BCUT2D eigenvalue weighted by Crippen LogP contribution is -2.39. The highest BCUT2D eigenvalue weighted by atomic mass is 35.5. The van der Waals surface area contributed by atoms with Crippen molar-refractivity contribution in [2.24, 2.45) is 12.5 Å². The molecular formula is C34H46ClN5O3. The molecule has 0 amide bonds. The summed E-state index contributed by atoms with van der Waals surface area (Å²) in [6, 6.07) is 6.69. The van der Waals surface area contributed by atoms with Gasteiger partial charge in [0, 0.05) is 68.5 Å². The normalized spacial score (nSPS) is 18.0. The predicted octanol–water partition coefficient (Wildman–Crippen LogP) is 6.88. The molecule has 1 saturated heterocycles. The minimum Gasteiger partial charge on any atom is -0.479 e. The number of aromatic nitrogens is 3. The summed E-state index contributed by atoms with van der Waals surface area (Å²) in [5.41, 5.74) is 8.44. The fraction of sp³-hybridized carbons (Fsp3) is 0.559. The van der Waals surface area contributed by atoms with Gasteiger partial charge in [0.05, 0.1) is 22.0 Å². The molecule has 0 unspecified atom stereocenters. The third kappa shape index (κ3) is 6.92. The fourth-order valence-electron chi connectivity index (χ4n) is 6.48. The lowest BCUT2D eigenvalue weighted by Gasteiger charge is -2.41. The van der Waals surface area contributed by atoms with Crippen LogP contribution in [0.3, 0.4) is 0 Å². The minimum atomic E-state index is -1.12. The molecule has 1 atom stereocenters. The molecule has 0 spiro atoms. The molecule has 0 saturated carbocycles. The summed E-state index contributed by atoms with van der Waals surface area (Å²) in [4.78, 5) is 22.5. The average molecular weight is 608 g/mol. The predicted molar refractivity (Wildman–Crippen MR) is 172 cm³/mol. The first kappa shape index (κ1) is 31.5. The molecule has 3 aromatic rings. The molecule has 2 aromatic heterocycles. The summed E-state index contributed by atoms with van der Waals surface area (Å²) in [6.45, 7) is 18.4. The van der Waals surface area contributed by atoms with E-state index in [0.717, 1.165) is 73.6 Å². The number of halogens is 1. The summed E-state index contributed by atoms with van der Waals surface area (Å²) in [6.07, 6.45) is 3.70. The number of aryl methyl sites for hydroxylation is 3. The molecule has 1 aromatic carbocycles. The number of rotatable bonds is 7. The lowest BCUT2D eigenvalue weighted by molar-refractivity contribution is -0.160. The number of anilines is 1. The van der Waals surface area contributed by atoms with E-state index >= 15 is 0 Å². The molecule has 8 nitrogen and oxygen atoms in total. The Balaban J connectivity index is 1.57. The van der Waals surface area contributed by atoms with E-state index in [1.165, 1.54) is 11.1 Å². The number of carboxylic acid groups (broad SMARTS) is 1. The van der Waals surface area contributed by atoms with Gasteiger partial charge in [-0.25, -0.2) is 4.79 Å². The zero-order valence-corrected chi connectivity index (χ0v) is 27.7. The van der Waals surface area contributed by atoms with E-state index in [9.17, 15) is 9.90 Å². The Morgan fingerprint density at radius 3 is 2.42 bits per heavy atom. The summed E-state index contributed by atoms with van der Waals surface area (Å²) in [5, 5.41) is 15.7. The monoisotopic (exact) mass is 607 g/mol. The Labute approximate surface area is 261 Å². The van der Waals surface area contributed by atoms with Crippen molar-refractivity contribution in [1.82, 2.24) is 19.7 Å². The molecular weight excluding hydrogens is 562 g/mol. The van der Waals surface area contributed by atoms with Gasteiger partial charge in [0.15, 0.2) is 6.10 Å². The van der Waals surface area contributed by atoms with Crippen LogP contribution in [0.1, 0.15) is 87.3 Å². The highest BCUT2D eigenvalue weighted by Gasteiger charge is 2.36.